The third-order valence-electron chi connectivity index (χ3n) is 3.86. The molecule has 28 heavy (non-hydrogen) atoms. The minimum Gasteiger partial charge on any atom is -0.478 e. The van der Waals surface area contributed by atoms with E-state index in [1.165, 1.54) is 5.00 Å². The fourth-order valence-electron chi connectivity index (χ4n) is 2.66. The summed E-state index contributed by atoms with van der Waals surface area (Å²) in [5.74, 6) is -2.56. The van der Waals surface area contributed by atoms with Crippen molar-refractivity contribution in [2.24, 2.45) is 11.8 Å². The van der Waals surface area contributed by atoms with Crippen molar-refractivity contribution >= 4 is 40.3 Å². The Morgan fingerprint density at radius 3 is 2.29 bits per heavy atom. The van der Waals surface area contributed by atoms with Gasteiger partial charge in [0.25, 0.3) is 0 Å². The van der Waals surface area contributed by atoms with Crippen molar-refractivity contribution in [3.05, 3.63) is 29.7 Å². The molecule has 10 nitrogen and oxygen atoms in total. The Bertz CT molecular complexity index is 690. The van der Waals surface area contributed by atoms with Crippen LogP contribution in [0.25, 0.3) is 0 Å². The number of amides is 2. The predicted molar refractivity (Wildman–Crippen MR) is 102 cm³/mol. The lowest BCUT2D eigenvalue weighted by molar-refractivity contribution is -0.138. The normalized spacial score (nSPS) is 20.3. The van der Waals surface area contributed by atoms with E-state index in [-0.39, 0.29) is 11.8 Å². The molecule has 0 aromatic carbocycles. The third-order valence-corrected chi connectivity index (χ3v) is 4.75. The molecule has 3 rings (SSSR count). The lowest BCUT2D eigenvalue weighted by Crippen LogP contribution is -2.55. The van der Waals surface area contributed by atoms with E-state index in [1.54, 1.807) is 11.3 Å². The van der Waals surface area contributed by atoms with Crippen molar-refractivity contribution in [3.8, 4) is 0 Å². The molecule has 2 unspecified atom stereocenters. The van der Waals surface area contributed by atoms with Gasteiger partial charge in [0.15, 0.2) is 0 Å². The largest absolute Gasteiger partial charge is 0.478 e. The summed E-state index contributed by atoms with van der Waals surface area (Å²) >= 11 is 1.71. The van der Waals surface area contributed by atoms with Crippen LogP contribution in [0.1, 0.15) is 6.42 Å². The van der Waals surface area contributed by atoms with Gasteiger partial charge in [-0.05, 0) is 36.4 Å². The van der Waals surface area contributed by atoms with Crippen molar-refractivity contribution in [1.82, 2.24) is 10.2 Å². The van der Waals surface area contributed by atoms with Gasteiger partial charge >= 0.3 is 18.0 Å². The highest BCUT2D eigenvalue weighted by atomic mass is 32.1. The molecular formula is C17H23N3O7S. The first-order valence-corrected chi connectivity index (χ1v) is 9.22. The van der Waals surface area contributed by atoms with Gasteiger partial charge in [-0.15, -0.1) is 11.3 Å². The van der Waals surface area contributed by atoms with E-state index in [4.69, 9.17) is 15.3 Å². The van der Waals surface area contributed by atoms with Crippen LogP contribution >= 0.6 is 11.3 Å². The summed E-state index contributed by atoms with van der Waals surface area (Å²) in [6.45, 7) is 1.81. The summed E-state index contributed by atoms with van der Waals surface area (Å²) in [6.07, 6.45) is 0.849. The molecular weight excluding hydrogens is 390 g/mol. The first kappa shape index (κ1) is 23.1. The SMILES string of the molecule is CNc1cccs1.O=C(O)/C=C/C(=O)O.O=C(O)N1CC2CNCC(C2)C1=O. The summed E-state index contributed by atoms with van der Waals surface area (Å²) in [5.41, 5.74) is 0. The van der Waals surface area contributed by atoms with Crippen molar-refractivity contribution in [1.29, 1.82) is 0 Å². The van der Waals surface area contributed by atoms with Crippen LogP contribution in [0.15, 0.2) is 29.7 Å². The number of imide groups is 1. The number of carboxylic acids is 2. The molecule has 11 heteroatoms. The van der Waals surface area contributed by atoms with Gasteiger partial charge in [-0.2, -0.15) is 0 Å². The van der Waals surface area contributed by atoms with E-state index in [0.29, 0.717) is 31.2 Å². The van der Waals surface area contributed by atoms with Gasteiger partial charge < -0.3 is 26.0 Å². The molecule has 2 saturated heterocycles. The topological polar surface area (TPSA) is 156 Å². The fourth-order valence-corrected chi connectivity index (χ4v) is 3.24. The molecule has 0 saturated carbocycles. The highest BCUT2D eigenvalue weighted by Crippen LogP contribution is 2.25. The van der Waals surface area contributed by atoms with Gasteiger partial charge in [-0.25, -0.2) is 19.3 Å². The summed E-state index contributed by atoms with van der Waals surface area (Å²) < 4.78 is 0. The van der Waals surface area contributed by atoms with Crippen LogP contribution in [-0.2, 0) is 14.4 Å². The summed E-state index contributed by atoms with van der Waals surface area (Å²) in [6, 6.07) is 4.07. The zero-order chi connectivity index (χ0) is 21.1. The zero-order valence-electron chi connectivity index (χ0n) is 15.2. The molecule has 1 aromatic heterocycles. The lowest BCUT2D eigenvalue weighted by Gasteiger charge is -2.38. The zero-order valence-corrected chi connectivity index (χ0v) is 16.0. The Hall–Kier alpha value is -2.92. The van der Waals surface area contributed by atoms with E-state index < -0.39 is 18.0 Å². The van der Waals surface area contributed by atoms with Gasteiger partial charge in [0, 0.05) is 32.3 Å². The minimum absolute atomic E-state index is 0.122. The second-order valence-electron chi connectivity index (χ2n) is 5.93. The highest BCUT2D eigenvalue weighted by molar-refractivity contribution is 7.14. The molecule has 0 radical (unpaired) electrons. The quantitative estimate of drug-likeness (QED) is 0.460. The number of thiophene rings is 1. The summed E-state index contributed by atoms with van der Waals surface area (Å²) in [7, 11) is 1.92. The van der Waals surface area contributed by atoms with Crippen molar-refractivity contribution < 1.29 is 34.5 Å². The van der Waals surface area contributed by atoms with Crippen molar-refractivity contribution in [3.63, 3.8) is 0 Å². The molecule has 3 heterocycles. The molecule has 5 N–H and O–H groups in total. The highest BCUT2D eigenvalue weighted by Gasteiger charge is 2.39. The van der Waals surface area contributed by atoms with Gasteiger partial charge in [0.2, 0.25) is 5.91 Å². The maximum Gasteiger partial charge on any atom is 0.414 e. The van der Waals surface area contributed by atoms with Crippen molar-refractivity contribution in [2.45, 2.75) is 6.42 Å². The smallest absolute Gasteiger partial charge is 0.414 e. The molecule has 2 amide bonds. The number of carbonyl (C=O) groups excluding carboxylic acids is 1. The number of rotatable bonds is 3. The molecule has 0 spiro atoms. The van der Waals surface area contributed by atoms with E-state index in [2.05, 4.69) is 10.6 Å². The Balaban J connectivity index is 0.000000226. The Morgan fingerprint density at radius 1 is 1.21 bits per heavy atom. The molecule has 2 fully saturated rings. The average molecular weight is 413 g/mol. The van der Waals surface area contributed by atoms with Crippen LogP contribution in [0.5, 0.6) is 0 Å². The van der Waals surface area contributed by atoms with Gasteiger partial charge in [0.05, 0.1) is 10.9 Å². The van der Waals surface area contributed by atoms with E-state index in [9.17, 15) is 19.2 Å². The number of hydrogen-bond donors (Lipinski definition) is 5. The number of likely N-dealkylation sites (tertiary alicyclic amines) is 1. The molecule has 2 aliphatic rings. The predicted octanol–water partition coefficient (Wildman–Crippen LogP) is 1.23. The molecule has 2 aliphatic heterocycles. The van der Waals surface area contributed by atoms with Crippen LogP contribution in [0.2, 0.25) is 0 Å². The van der Waals surface area contributed by atoms with Crippen molar-refractivity contribution in [2.75, 3.05) is 32.0 Å². The number of carboxylic acid groups (broad SMARTS) is 3. The second-order valence-corrected chi connectivity index (χ2v) is 6.87. The first-order valence-electron chi connectivity index (χ1n) is 8.34. The number of fused-ring (bicyclic) bond motifs is 2. The van der Waals surface area contributed by atoms with E-state index >= 15 is 0 Å². The fraction of sp³-hybridized carbons (Fsp3) is 0.412. The van der Waals surface area contributed by atoms with Crippen LogP contribution in [0.4, 0.5) is 9.80 Å². The standard InChI is InChI=1S/C8H12N2O3.C5H7NS.C4H4O4/c11-7-6-1-5(2-9-3-6)4-10(7)8(12)13;1-6-5-3-2-4-7-5;5-3(6)1-2-4(7)8/h5-6,9H,1-4H2,(H,12,13);2-4,6H,1H3;1-2H,(H,5,6)(H,7,8)/b;;2-1+. The molecule has 0 aliphatic carbocycles. The number of aliphatic carboxylic acids is 2. The van der Waals surface area contributed by atoms with Crippen LogP contribution in [-0.4, -0.2) is 70.8 Å². The van der Waals surface area contributed by atoms with Gasteiger partial charge in [-0.1, -0.05) is 0 Å². The number of carbonyl (C=O) groups is 4. The second kappa shape index (κ2) is 11.7. The maximum atomic E-state index is 11.5. The Labute approximate surface area is 165 Å². The van der Waals surface area contributed by atoms with Gasteiger partial charge in [-0.3, -0.25) is 4.79 Å². The molecule has 154 valence electrons. The Morgan fingerprint density at radius 2 is 1.86 bits per heavy atom. The molecule has 1 aromatic rings. The van der Waals surface area contributed by atoms with Crippen LogP contribution < -0.4 is 10.6 Å². The number of piperidine rings is 2. The Kier molecular flexibility index (Phi) is 9.68. The summed E-state index contributed by atoms with van der Waals surface area (Å²) in [5, 5.41) is 33.8. The number of nitrogens with zero attached hydrogens (tertiary/aromatic N) is 1. The van der Waals surface area contributed by atoms with Crippen LogP contribution in [0, 0.1) is 11.8 Å². The van der Waals surface area contributed by atoms with E-state index in [0.717, 1.165) is 17.9 Å². The van der Waals surface area contributed by atoms with E-state index in [1.807, 2.05) is 24.6 Å². The third kappa shape index (κ3) is 8.18. The maximum absolute atomic E-state index is 11.5. The van der Waals surface area contributed by atoms with Crippen LogP contribution in [0.3, 0.4) is 0 Å². The monoisotopic (exact) mass is 413 g/mol. The minimum atomic E-state index is -1.26. The lowest BCUT2D eigenvalue weighted by atomic mass is 9.85. The molecule has 2 bridgehead atoms. The number of anilines is 1. The first-order chi connectivity index (χ1) is 13.2. The average Bonchev–Trinajstić information content (AvgIpc) is 3.18. The van der Waals surface area contributed by atoms with Gasteiger partial charge in [0.1, 0.15) is 0 Å². The number of hydrogen-bond acceptors (Lipinski definition) is 7. The summed E-state index contributed by atoms with van der Waals surface area (Å²) in [4.78, 5) is 42.2. The number of nitrogens with one attached hydrogen (secondary N) is 2. The molecule has 2 atom stereocenters.